The fraction of sp³-hybridized carbons (Fsp3) is 0.250. The molecule has 1 saturated carbocycles. The first-order valence-electron chi connectivity index (χ1n) is 6.80. The first-order chi connectivity index (χ1) is 10.2. The monoisotopic (exact) mass is 348 g/mol. The zero-order valence-corrected chi connectivity index (χ0v) is 12.9. The van der Waals surface area contributed by atoms with Gasteiger partial charge in [0, 0.05) is 29.5 Å². The molecule has 5 heteroatoms. The summed E-state index contributed by atoms with van der Waals surface area (Å²) in [7, 11) is 0. The molecule has 0 unspecified atom stereocenters. The summed E-state index contributed by atoms with van der Waals surface area (Å²) in [6, 6.07) is 8.54. The van der Waals surface area contributed by atoms with E-state index in [2.05, 4.69) is 20.9 Å². The van der Waals surface area contributed by atoms with Gasteiger partial charge >= 0.3 is 0 Å². The molecule has 3 nitrogen and oxygen atoms in total. The van der Waals surface area contributed by atoms with Crippen LogP contribution in [0.3, 0.4) is 0 Å². The summed E-state index contributed by atoms with van der Waals surface area (Å²) >= 11 is 3.27. The highest BCUT2D eigenvalue weighted by Crippen LogP contribution is 2.31. The van der Waals surface area contributed by atoms with Crippen LogP contribution in [0, 0.1) is 5.82 Å². The number of nitrogens with zero attached hydrogens (tertiary/aromatic N) is 2. The van der Waals surface area contributed by atoms with E-state index >= 15 is 0 Å². The van der Waals surface area contributed by atoms with Gasteiger partial charge in [0.2, 0.25) is 0 Å². The third kappa shape index (κ3) is 3.13. The van der Waals surface area contributed by atoms with Gasteiger partial charge in [-0.2, -0.15) is 0 Å². The average molecular weight is 349 g/mol. The van der Waals surface area contributed by atoms with E-state index in [1.165, 1.54) is 6.07 Å². The molecule has 0 atom stereocenters. The second-order valence-electron chi connectivity index (χ2n) is 5.12. The molecule has 1 aromatic heterocycles. The van der Waals surface area contributed by atoms with E-state index in [1.54, 1.807) is 29.4 Å². The van der Waals surface area contributed by atoms with E-state index in [-0.39, 0.29) is 17.5 Å². The van der Waals surface area contributed by atoms with Gasteiger partial charge < -0.3 is 4.90 Å². The quantitative estimate of drug-likeness (QED) is 0.842. The molecule has 0 N–H and O–H groups in total. The molecule has 0 aliphatic heterocycles. The van der Waals surface area contributed by atoms with Crippen LogP contribution in [0.25, 0.3) is 0 Å². The van der Waals surface area contributed by atoms with E-state index in [4.69, 9.17) is 0 Å². The Bertz CT molecular complexity index is 638. The Morgan fingerprint density at radius 2 is 2.14 bits per heavy atom. The van der Waals surface area contributed by atoms with Crippen molar-refractivity contribution in [2.24, 2.45) is 0 Å². The van der Waals surface area contributed by atoms with Gasteiger partial charge in [0.25, 0.3) is 5.91 Å². The molecule has 1 fully saturated rings. The Balaban J connectivity index is 1.89. The number of benzene rings is 1. The van der Waals surface area contributed by atoms with E-state index in [0.717, 1.165) is 18.4 Å². The molecule has 1 amide bonds. The number of pyridine rings is 1. The summed E-state index contributed by atoms with van der Waals surface area (Å²) in [5, 5.41) is 0. The van der Waals surface area contributed by atoms with Crippen molar-refractivity contribution in [3.05, 3.63) is 64.1 Å². The van der Waals surface area contributed by atoms with Gasteiger partial charge in [-0.3, -0.25) is 9.78 Å². The van der Waals surface area contributed by atoms with Crippen LogP contribution >= 0.6 is 15.9 Å². The van der Waals surface area contributed by atoms with Gasteiger partial charge in [-0.25, -0.2) is 4.39 Å². The van der Waals surface area contributed by atoms with Gasteiger partial charge in [-0.15, -0.1) is 0 Å². The zero-order chi connectivity index (χ0) is 14.8. The number of carbonyl (C=O) groups excluding carboxylic acids is 1. The van der Waals surface area contributed by atoms with Crippen molar-refractivity contribution in [1.29, 1.82) is 0 Å². The molecule has 0 spiro atoms. The van der Waals surface area contributed by atoms with Crippen molar-refractivity contribution in [1.82, 2.24) is 9.88 Å². The Morgan fingerprint density at radius 1 is 1.33 bits per heavy atom. The van der Waals surface area contributed by atoms with Gasteiger partial charge in [0.05, 0.1) is 5.56 Å². The lowest BCUT2D eigenvalue weighted by molar-refractivity contribution is 0.0724. The molecule has 0 radical (unpaired) electrons. The van der Waals surface area contributed by atoms with E-state index in [9.17, 15) is 9.18 Å². The number of halogens is 2. The van der Waals surface area contributed by atoms with Crippen LogP contribution < -0.4 is 0 Å². The van der Waals surface area contributed by atoms with Crippen molar-refractivity contribution in [3.63, 3.8) is 0 Å². The second-order valence-corrected chi connectivity index (χ2v) is 5.98. The van der Waals surface area contributed by atoms with Crippen molar-refractivity contribution < 1.29 is 9.18 Å². The number of aromatic nitrogens is 1. The van der Waals surface area contributed by atoms with Gasteiger partial charge in [-0.05, 0) is 52.5 Å². The summed E-state index contributed by atoms with van der Waals surface area (Å²) < 4.78 is 14.5. The minimum absolute atomic E-state index is 0.105. The number of carbonyl (C=O) groups is 1. The number of rotatable bonds is 4. The smallest absolute Gasteiger partial charge is 0.258 e. The van der Waals surface area contributed by atoms with Crippen LogP contribution in [0.1, 0.15) is 28.8 Å². The molecular weight excluding hydrogens is 335 g/mol. The lowest BCUT2D eigenvalue weighted by Crippen LogP contribution is -2.33. The highest BCUT2D eigenvalue weighted by molar-refractivity contribution is 9.10. The first-order valence-corrected chi connectivity index (χ1v) is 7.60. The molecule has 2 aromatic rings. The Labute approximate surface area is 130 Å². The molecular formula is C16H14BrFN2O. The largest absolute Gasteiger partial charge is 0.331 e. The zero-order valence-electron chi connectivity index (χ0n) is 11.3. The minimum Gasteiger partial charge on any atom is -0.331 e. The molecule has 1 heterocycles. The molecule has 1 aliphatic rings. The van der Waals surface area contributed by atoms with Crippen LogP contribution in [0.15, 0.2) is 47.2 Å². The summed E-state index contributed by atoms with van der Waals surface area (Å²) in [6.45, 7) is 0.456. The first kappa shape index (κ1) is 14.2. The maximum absolute atomic E-state index is 14.0. The SMILES string of the molecule is O=C(c1c(F)cccc1Br)N(Cc1cccnc1)C1CC1. The van der Waals surface area contributed by atoms with E-state index in [1.807, 2.05) is 12.1 Å². The fourth-order valence-corrected chi connectivity index (χ4v) is 2.80. The standard InChI is InChI=1S/C16H14BrFN2O/c17-13-4-1-5-14(18)15(13)16(21)20(12-6-7-12)10-11-3-2-8-19-9-11/h1-5,8-9,12H,6-7,10H2. The molecule has 0 bridgehead atoms. The molecule has 3 rings (SSSR count). The van der Waals surface area contributed by atoms with Crippen molar-refractivity contribution in [2.45, 2.75) is 25.4 Å². The molecule has 21 heavy (non-hydrogen) atoms. The Kier molecular flexibility index (Phi) is 4.01. The highest BCUT2D eigenvalue weighted by Gasteiger charge is 2.34. The van der Waals surface area contributed by atoms with Gasteiger partial charge in [-0.1, -0.05) is 12.1 Å². The number of amides is 1. The van der Waals surface area contributed by atoms with Crippen LogP contribution in [-0.4, -0.2) is 21.8 Å². The number of hydrogen-bond donors (Lipinski definition) is 0. The van der Waals surface area contributed by atoms with E-state index in [0.29, 0.717) is 11.0 Å². The van der Waals surface area contributed by atoms with Crippen molar-refractivity contribution in [2.75, 3.05) is 0 Å². The average Bonchev–Trinajstić information content (AvgIpc) is 3.30. The number of hydrogen-bond acceptors (Lipinski definition) is 2. The molecule has 1 aromatic carbocycles. The van der Waals surface area contributed by atoms with Gasteiger partial charge in [0.15, 0.2) is 0 Å². The lowest BCUT2D eigenvalue weighted by atomic mass is 10.1. The summed E-state index contributed by atoms with van der Waals surface area (Å²) in [4.78, 5) is 18.5. The lowest BCUT2D eigenvalue weighted by Gasteiger charge is -2.23. The summed E-state index contributed by atoms with van der Waals surface area (Å²) in [5.41, 5.74) is 1.05. The Hall–Kier alpha value is -1.75. The summed E-state index contributed by atoms with van der Waals surface area (Å²) in [5.74, 6) is -0.766. The third-order valence-electron chi connectivity index (χ3n) is 3.50. The highest BCUT2D eigenvalue weighted by atomic mass is 79.9. The van der Waals surface area contributed by atoms with E-state index < -0.39 is 5.82 Å². The second kappa shape index (κ2) is 5.93. The fourth-order valence-electron chi connectivity index (χ4n) is 2.29. The molecule has 1 aliphatic carbocycles. The van der Waals surface area contributed by atoms with Crippen molar-refractivity contribution >= 4 is 21.8 Å². The van der Waals surface area contributed by atoms with Gasteiger partial charge in [0.1, 0.15) is 5.82 Å². The van der Waals surface area contributed by atoms with Crippen molar-refractivity contribution in [3.8, 4) is 0 Å². The Morgan fingerprint density at radius 3 is 2.76 bits per heavy atom. The predicted molar refractivity (Wildman–Crippen MR) is 81.2 cm³/mol. The van der Waals surface area contributed by atoms with Crippen LogP contribution in [0.4, 0.5) is 4.39 Å². The predicted octanol–water partition coefficient (Wildman–Crippen LogP) is 3.79. The molecule has 0 saturated heterocycles. The van der Waals surface area contributed by atoms with Crippen LogP contribution in [0.2, 0.25) is 0 Å². The minimum atomic E-state index is -0.494. The maximum atomic E-state index is 14.0. The topological polar surface area (TPSA) is 33.2 Å². The van der Waals surface area contributed by atoms with Crippen LogP contribution in [-0.2, 0) is 6.54 Å². The maximum Gasteiger partial charge on any atom is 0.258 e. The molecule has 108 valence electrons. The summed E-state index contributed by atoms with van der Waals surface area (Å²) in [6.07, 6.45) is 5.37. The normalized spacial score (nSPS) is 14.0. The third-order valence-corrected chi connectivity index (χ3v) is 4.16. The van der Waals surface area contributed by atoms with Crippen LogP contribution in [0.5, 0.6) is 0 Å².